The number of hydrogen-bond donors (Lipinski definition) is 1. The van der Waals surface area contributed by atoms with Gasteiger partial charge >= 0.3 is 0 Å². The fourth-order valence-electron chi connectivity index (χ4n) is 1.88. The molecule has 0 bridgehead atoms. The Bertz CT molecular complexity index is 277. The second kappa shape index (κ2) is 6.71. The zero-order valence-electron chi connectivity index (χ0n) is 10.6. The van der Waals surface area contributed by atoms with Crippen LogP contribution in [0.3, 0.4) is 0 Å². The van der Waals surface area contributed by atoms with Gasteiger partial charge in [-0.15, -0.1) is 0 Å². The van der Waals surface area contributed by atoms with Crippen molar-refractivity contribution >= 4 is 14.0 Å². The van der Waals surface area contributed by atoms with Gasteiger partial charge in [0.25, 0.3) is 0 Å². The van der Waals surface area contributed by atoms with Crippen molar-refractivity contribution in [1.29, 1.82) is 0 Å². The monoisotopic (exact) mass is 237 g/mol. The quantitative estimate of drug-likeness (QED) is 0.570. The molecule has 0 saturated carbocycles. The summed E-state index contributed by atoms with van der Waals surface area (Å²) in [5.41, 5.74) is 1.13. The third-order valence-corrected chi connectivity index (χ3v) is 7.98. The largest absolute Gasteiger partial charge is 0.400 e. The van der Waals surface area contributed by atoms with Gasteiger partial charge in [0.05, 0.1) is 0 Å². The number of anilines is 1. The second-order valence-electron chi connectivity index (χ2n) is 4.08. The van der Waals surface area contributed by atoms with Crippen LogP contribution in [0.1, 0.15) is 20.8 Å². The van der Waals surface area contributed by atoms with Crippen LogP contribution in [-0.2, 0) is 4.43 Å². The molecule has 0 amide bonds. The maximum atomic E-state index is 6.11. The molecule has 0 fully saturated rings. The van der Waals surface area contributed by atoms with E-state index in [1.165, 1.54) is 18.1 Å². The Kier molecular flexibility index (Phi) is 5.56. The number of para-hydroxylation sites is 1. The summed E-state index contributed by atoms with van der Waals surface area (Å²) in [6, 6.07) is 13.8. The summed E-state index contributed by atoms with van der Waals surface area (Å²) >= 11 is 0. The second-order valence-corrected chi connectivity index (χ2v) is 8.85. The Labute approximate surface area is 100 Å². The number of nitrogens with one attached hydrogen (secondary N) is 1. The molecular formula is C13H23NOSi. The lowest BCUT2D eigenvalue weighted by molar-refractivity contribution is 0.327. The van der Waals surface area contributed by atoms with Crippen molar-refractivity contribution < 1.29 is 4.43 Å². The molecule has 90 valence electrons. The van der Waals surface area contributed by atoms with Gasteiger partial charge in [-0.1, -0.05) is 39.0 Å². The van der Waals surface area contributed by atoms with Crippen LogP contribution in [0, 0.1) is 0 Å². The Morgan fingerprint density at radius 3 is 2.06 bits per heavy atom. The van der Waals surface area contributed by atoms with Crippen LogP contribution < -0.4 is 5.32 Å². The molecule has 0 aromatic heterocycles. The van der Waals surface area contributed by atoms with Crippen LogP contribution in [0.2, 0.25) is 18.1 Å². The predicted octanol–water partition coefficient (Wildman–Crippen LogP) is 4.08. The highest BCUT2D eigenvalue weighted by molar-refractivity contribution is 6.73. The van der Waals surface area contributed by atoms with E-state index in [-0.39, 0.29) is 0 Å². The molecule has 16 heavy (non-hydrogen) atoms. The van der Waals surface area contributed by atoms with Crippen LogP contribution in [0.4, 0.5) is 5.69 Å². The van der Waals surface area contributed by atoms with E-state index in [0.717, 1.165) is 5.69 Å². The van der Waals surface area contributed by atoms with Gasteiger partial charge in [-0.2, -0.15) is 0 Å². The Hall–Kier alpha value is -0.803. The van der Waals surface area contributed by atoms with E-state index in [9.17, 15) is 0 Å². The molecule has 0 unspecified atom stereocenters. The minimum absolute atomic E-state index is 0.645. The molecule has 1 N–H and O–H groups in total. The van der Waals surface area contributed by atoms with Gasteiger partial charge < -0.3 is 9.74 Å². The highest BCUT2D eigenvalue weighted by Crippen LogP contribution is 2.21. The molecule has 1 aromatic carbocycles. The Morgan fingerprint density at radius 1 is 1.00 bits per heavy atom. The average molecular weight is 237 g/mol. The third kappa shape index (κ3) is 3.65. The Balaban J connectivity index is 2.39. The molecule has 0 aliphatic carbocycles. The first-order valence-electron chi connectivity index (χ1n) is 6.19. The summed E-state index contributed by atoms with van der Waals surface area (Å²) in [6.07, 6.45) is 0. The maximum absolute atomic E-state index is 6.11. The number of hydrogen-bond acceptors (Lipinski definition) is 2. The van der Waals surface area contributed by atoms with Crippen LogP contribution in [-0.4, -0.2) is 15.0 Å². The lowest BCUT2D eigenvalue weighted by Gasteiger charge is -2.28. The summed E-state index contributed by atoms with van der Waals surface area (Å²) in [6.45, 7) is 7.40. The SMILES string of the molecule is CC[Si](CC)(CC)OCNc1ccccc1. The molecule has 0 atom stereocenters. The molecule has 0 radical (unpaired) electrons. The van der Waals surface area contributed by atoms with Crippen LogP contribution in [0.5, 0.6) is 0 Å². The van der Waals surface area contributed by atoms with Crippen molar-refractivity contribution in [2.45, 2.75) is 38.9 Å². The van der Waals surface area contributed by atoms with Crippen molar-refractivity contribution in [3.63, 3.8) is 0 Å². The minimum Gasteiger partial charge on any atom is -0.400 e. The number of benzene rings is 1. The van der Waals surface area contributed by atoms with Crippen molar-refractivity contribution in [3.05, 3.63) is 30.3 Å². The molecule has 0 saturated heterocycles. The first-order chi connectivity index (χ1) is 7.76. The molecular weight excluding hydrogens is 214 g/mol. The van der Waals surface area contributed by atoms with Gasteiger partial charge in [0, 0.05) is 5.69 Å². The average Bonchev–Trinajstić information content (AvgIpc) is 2.37. The molecule has 0 aliphatic rings. The van der Waals surface area contributed by atoms with Gasteiger partial charge in [-0.25, -0.2) is 0 Å². The highest BCUT2D eigenvalue weighted by atomic mass is 28.4. The van der Waals surface area contributed by atoms with Crippen molar-refractivity contribution in [2.75, 3.05) is 12.0 Å². The van der Waals surface area contributed by atoms with Crippen LogP contribution >= 0.6 is 0 Å². The topological polar surface area (TPSA) is 21.3 Å². The lowest BCUT2D eigenvalue weighted by atomic mass is 10.3. The summed E-state index contributed by atoms with van der Waals surface area (Å²) in [5, 5.41) is 3.32. The lowest BCUT2D eigenvalue weighted by Crippen LogP contribution is -2.37. The van der Waals surface area contributed by atoms with Crippen LogP contribution in [0.15, 0.2) is 30.3 Å². The maximum Gasteiger partial charge on any atom is 0.194 e. The third-order valence-electron chi connectivity index (χ3n) is 3.36. The summed E-state index contributed by atoms with van der Waals surface area (Å²) in [5.74, 6) is 0. The predicted molar refractivity (Wildman–Crippen MR) is 73.2 cm³/mol. The standard InChI is InChI=1S/C13H23NOSi/c1-4-16(5-2,6-3)15-12-14-13-10-8-7-9-11-13/h7-11,14H,4-6,12H2,1-3H3. The van der Waals surface area contributed by atoms with Gasteiger partial charge in [-0.3, -0.25) is 0 Å². The van der Waals surface area contributed by atoms with Gasteiger partial charge in [-0.05, 0) is 30.3 Å². The molecule has 1 rings (SSSR count). The van der Waals surface area contributed by atoms with E-state index in [1.54, 1.807) is 0 Å². The van der Waals surface area contributed by atoms with Crippen molar-refractivity contribution in [2.24, 2.45) is 0 Å². The van der Waals surface area contributed by atoms with E-state index in [1.807, 2.05) is 18.2 Å². The molecule has 2 nitrogen and oxygen atoms in total. The normalized spacial score (nSPS) is 11.4. The smallest absolute Gasteiger partial charge is 0.194 e. The first-order valence-corrected chi connectivity index (χ1v) is 8.72. The van der Waals surface area contributed by atoms with E-state index in [0.29, 0.717) is 6.73 Å². The van der Waals surface area contributed by atoms with Gasteiger partial charge in [0.1, 0.15) is 6.73 Å². The van der Waals surface area contributed by atoms with Crippen molar-refractivity contribution in [1.82, 2.24) is 0 Å². The van der Waals surface area contributed by atoms with Gasteiger partial charge in [0.2, 0.25) is 0 Å². The molecule has 0 aliphatic heterocycles. The first kappa shape index (κ1) is 13.3. The Morgan fingerprint density at radius 2 is 1.56 bits per heavy atom. The van der Waals surface area contributed by atoms with E-state index >= 15 is 0 Å². The van der Waals surface area contributed by atoms with Crippen LogP contribution in [0.25, 0.3) is 0 Å². The van der Waals surface area contributed by atoms with Gasteiger partial charge in [0.15, 0.2) is 8.32 Å². The van der Waals surface area contributed by atoms with Crippen molar-refractivity contribution in [3.8, 4) is 0 Å². The van der Waals surface area contributed by atoms with E-state index in [4.69, 9.17) is 4.43 Å². The highest BCUT2D eigenvalue weighted by Gasteiger charge is 2.28. The van der Waals surface area contributed by atoms with E-state index in [2.05, 4.69) is 38.2 Å². The summed E-state index contributed by atoms with van der Waals surface area (Å²) < 4.78 is 6.11. The summed E-state index contributed by atoms with van der Waals surface area (Å²) in [4.78, 5) is 0. The molecule has 1 aromatic rings. The molecule has 3 heteroatoms. The molecule has 0 heterocycles. The number of rotatable bonds is 7. The fraction of sp³-hybridized carbons (Fsp3) is 0.538. The fourth-order valence-corrected chi connectivity index (χ4v) is 4.38. The minimum atomic E-state index is -1.43. The zero-order valence-corrected chi connectivity index (χ0v) is 11.6. The summed E-state index contributed by atoms with van der Waals surface area (Å²) in [7, 11) is -1.43. The molecule has 0 spiro atoms. The van der Waals surface area contributed by atoms with E-state index < -0.39 is 8.32 Å². The zero-order chi connectivity index (χ0) is 11.9.